The quantitative estimate of drug-likeness (QED) is 0.272. The van der Waals surface area contributed by atoms with Crippen LogP contribution < -0.4 is 16.3 Å². The van der Waals surface area contributed by atoms with E-state index in [1.165, 1.54) is 41.3 Å². The van der Waals surface area contributed by atoms with E-state index in [0.29, 0.717) is 32.2 Å². The topological polar surface area (TPSA) is 106 Å². The van der Waals surface area contributed by atoms with Crippen molar-refractivity contribution in [2.24, 2.45) is 0 Å². The van der Waals surface area contributed by atoms with Crippen LogP contribution in [0.3, 0.4) is 0 Å². The Labute approximate surface area is 189 Å². The van der Waals surface area contributed by atoms with Crippen molar-refractivity contribution in [1.29, 1.82) is 0 Å². The Balaban J connectivity index is 1.48. The van der Waals surface area contributed by atoms with Gasteiger partial charge in [0.25, 0.3) is 0 Å². The number of halogens is 1. The lowest BCUT2D eigenvalue weighted by molar-refractivity contribution is 0.168. The average molecular weight is 473 g/mol. The first-order valence-corrected chi connectivity index (χ1v) is 11.3. The second kappa shape index (κ2) is 9.79. The summed E-state index contributed by atoms with van der Waals surface area (Å²) in [7, 11) is 0. The Morgan fingerprint density at radius 2 is 2.06 bits per heavy atom. The highest BCUT2D eigenvalue weighted by Gasteiger charge is 2.11. The number of rotatable bonds is 7. The molecule has 0 radical (unpaired) electrons. The summed E-state index contributed by atoms with van der Waals surface area (Å²) in [5.74, 6) is 0.117. The number of nitrogens with one attached hydrogen (secondary N) is 2. The Kier molecular flexibility index (Phi) is 6.66. The van der Waals surface area contributed by atoms with Gasteiger partial charge in [0.15, 0.2) is 4.34 Å². The van der Waals surface area contributed by atoms with Crippen LogP contribution in [0.4, 0.5) is 25.7 Å². The molecule has 2 aromatic heterocycles. The van der Waals surface area contributed by atoms with Gasteiger partial charge in [-0.1, -0.05) is 29.2 Å². The maximum Gasteiger partial charge on any atom is 0.411 e. The van der Waals surface area contributed by atoms with Gasteiger partial charge in [-0.3, -0.25) is 5.32 Å². The monoisotopic (exact) mass is 472 g/mol. The first-order valence-electron chi connectivity index (χ1n) is 9.49. The SMILES string of the molecule is CCOC(=O)Nc1ccc2c(CSc3nnc(Nc4cccc(F)c4)s3)cc(=O)oc2c1. The Bertz CT molecular complexity index is 1320. The standard InChI is InChI=1S/C21H17FN4O4S2/c1-2-29-20(28)24-15-6-7-16-12(8-18(27)30-17(16)10-15)11-31-21-26-25-19(32-21)23-14-5-3-4-13(22)9-14/h3-10H,2,11H2,1H3,(H,23,25)(H,24,28). The summed E-state index contributed by atoms with van der Waals surface area (Å²) in [5.41, 5.74) is 1.66. The summed E-state index contributed by atoms with van der Waals surface area (Å²) < 4.78 is 24.2. The molecular formula is C21H17FN4O4S2. The van der Waals surface area contributed by atoms with E-state index in [1.807, 2.05) is 0 Å². The Hall–Kier alpha value is -3.44. The third-order valence-corrected chi connectivity index (χ3v) is 6.21. The summed E-state index contributed by atoms with van der Waals surface area (Å²) in [6.07, 6.45) is -0.583. The number of amides is 1. The van der Waals surface area contributed by atoms with Crippen molar-refractivity contribution in [3.63, 3.8) is 0 Å². The maximum atomic E-state index is 13.3. The number of ether oxygens (including phenoxy) is 1. The van der Waals surface area contributed by atoms with Gasteiger partial charge in [0.2, 0.25) is 5.13 Å². The number of thioether (sulfide) groups is 1. The fourth-order valence-corrected chi connectivity index (χ4v) is 4.62. The molecule has 2 N–H and O–H groups in total. The zero-order chi connectivity index (χ0) is 22.5. The molecule has 0 saturated carbocycles. The van der Waals surface area contributed by atoms with E-state index in [0.717, 1.165) is 10.9 Å². The van der Waals surface area contributed by atoms with Crippen LogP contribution in [0.1, 0.15) is 12.5 Å². The summed E-state index contributed by atoms with van der Waals surface area (Å²) in [5, 5.41) is 15.1. The number of carbonyl (C=O) groups is 1. The number of aromatic nitrogens is 2. The van der Waals surface area contributed by atoms with Gasteiger partial charge >= 0.3 is 11.7 Å². The molecule has 4 aromatic rings. The molecule has 0 fully saturated rings. The van der Waals surface area contributed by atoms with Gasteiger partial charge in [-0.25, -0.2) is 14.0 Å². The summed E-state index contributed by atoms with van der Waals surface area (Å²) in [6.45, 7) is 1.96. The molecule has 0 atom stereocenters. The smallest absolute Gasteiger partial charge is 0.411 e. The van der Waals surface area contributed by atoms with Crippen molar-refractivity contribution in [1.82, 2.24) is 10.2 Å². The molecule has 0 bridgehead atoms. The molecule has 11 heteroatoms. The van der Waals surface area contributed by atoms with Gasteiger partial charge < -0.3 is 14.5 Å². The third-order valence-electron chi connectivity index (χ3n) is 4.19. The number of hydrogen-bond acceptors (Lipinski definition) is 9. The molecule has 8 nitrogen and oxygen atoms in total. The van der Waals surface area contributed by atoms with Crippen molar-refractivity contribution >= 4 is 56.7 Å². The van der Waals surface area contributed by atoms with E-state index in [2.05, 4.69) is 20.8 Å². The van der Waals surface area contributed by atoms with Crippen molar-refractivity contribution in [2.75, 3.05) is 17.2 Å². The van der Waals surface area contributed by atoms with Crippen LogP contribution in [-0.4, -0.2) is 22.9 Å². The van der Waals surface area contributed by atoms with Crippen molar-refractivity contribution < 1.29 is 18.3 Å². The number of nitrogens with zero attached hydrogens (tertiary/aromatic N) is 2. The number of hydrogen-bond donors (Lipinski definition) is 2. The molecule has 0 saturated heterocycles. The van der Waals surface area contributed by atoms with Crippen molar-refractivity contribution in [3.05, 3.63) is 70.3 Å². The first kappa shape index (κ1) is 21.8. The van der Waals surface area contributed by atoms with Crippen LogP contribution in [0.15, 0.2) is 62.1 Å². The fraction of sp³-hybridized carbons (Fsp3) is 0.143. The number of carbonyl (C=O) groups excluding carboxylic acids is 1. The fourth-order valence-electron chi connectivity index (χ4n) is 2.86. The van der Waals surface area contributed by atoms with Gasteiger partial charge in [-0.05, 0) is 42.8 Å². The summed E-state index contributed by atoms with van der Waals surface area (Å²) in [6, 6.07) is 12.6. The van der Waals surface area contributed by atoms with E-state index < -0.39 is 11.7 Å². The third kappa shape index (κ3) is 5.42. The van der Waals surface area contributed by atoms with Crippen LogP contribution in [0.25, 0.3) is 11.0 Å². The number of fused-ring (bicyclic) bond motifs is 1. The van der Waals surface area contributed by atoms with Gasteiger partial charge in [-0.15, -0.1) is 10.2 Å². The Morgan fingerprint density at radius 3 is 2.88 bits per heavy atom. The molecule has 32 heavy (non-hydrogen) atoms. The minimum atomic E-state index is -0.583. The van der Waals surface area contributed by atoms with Gasteiger partial charge in [-0.2, -0.15) is 0 Å². The van der Waals surface area contributed by atoms with E-state index in [1.54, 1.807) is 37.3 Å². The minimum absolute atomic E-state index is 0.251. The van der Waals surface area contributed by atoms with Gasteiger partial charge in [0.05, 0.1) is 6.61 Å². The molecule has 0 unspecified atom stereocenters. The summed E-state index contributed by atoms with van der Waals surface area (Å²) in [4.78, 5) is 23.6. The molecule has 4 rings (SSSR count). The highest BCUT2D eigenvalue weighted by molar-refractivity contribution is 8.00. The van der Waals surface area contributed by atoms with Crippen LogP contribution in [0, 0.1) is 5.82 Å². The zero-order valence-electron chi connectivity index (χ0n) is 16.8. The average Bonchev–Trinajstić information content (AvgIpc) is 3.19. The molecule has 2 heterocycles. The molecule has 0 spiro atoms. The highest BCUT2D eigenvalue weighted by Crippen LogP contribution is 2.32. The zero-order valence-corrected chi connectivity index (χ0v) is 18.4. The lowest BCUT2D eigenvalue weighted by Crippen LogP contribution is -2.13. The van der Waals surface area contributed by atoms with Gasteiger partial charge in [0.1, 0.15) is 11.4 Å². The second-order valence-corrected chi connectivity index (χ2v) is 8.64. The molecule has 0 aliphatic carbocycles. The molecule has 2 aromatic carbocycles. The summed E-state index contributed by atoms with van der Waals surface area (Å²) >= 11 is 2.73. The lowest BCUT2D eigenvalue weighted by atomic mass is 10.1. The van der Waals surface area contributed by atoms with Crippen molar-refractivity contribution in [2.45, 2.75) is 17.0 Å². The van der Waals surface area contributed by atoms with Gasteiger partial charge in [0, 0.05) is 34.6 Å². The number of anilines is 3. The van der Waals surface area contributed by atoms with Crippen LogP contribution in [0.2, 0.25) is 0 Å². The van der Waals surface area contributed by atoms with Crippen LogP contribution in [-0.2, 0) is 10.5 Å². The molecule has 164 valence electrons. The second-order valence-electron chi connectivity index (χ2n) is 6.44. The molecule has 0 aliphatic rings. The largest absolute Gasteiger partial charge is 0.450 e. The minimum Gasteiger partial charge on any atom is -0.450 e. The van der Waals surface area contributed by atoms with E-state index in [9.17, 15) is 14.0 Å². The van der Waals surface area contributed by atoms with E-state index in [-0.39, 0.29) is 12.4 Å². The van der Waals surface area contributed by atoms with E-state index >= 15 is 0 Å². The predicted molar refractivity (Wildman–Crippen MR) is 122 cm³/mol. The Morgan fingerprint density at radius 1 is 1.19 bits per heavy atom. The van der Waals surface area contributed by atoms with Crippen molar-refractivity contribution in [3.8, 4) is 0 Å². The normalized spacial score (nSPS) is 10.8. The number of benzene rings is 2. The van der Waals surface area contributed by atoms with E-state index in [4.69, 9.17) is 9.15 Å². The maximum absolute atomic E-state index is 13.3. The highest BCUT2D eigenvalue weighted by atomic mass is 32.2. The molecule has 0 aliphatic heterocycles. The molecule has 1 amide bonds. The molecular weight excluding hydrogens is 455 g/mol. The first-order chi connectivity index (χ1) is 15.5. The van der Waals surface area contributed by atoms with Crippen LogP contribution >= 0.6 is 23.1 Å². The van der Waals surface area contributed by atoms with Crippen LogP contribution in [0.5, 0.6) is 0 Å². The predicted octanol–water partition coefficient (Wildman–Crippen LogP) is 5.39. The lowest BCUT2D eigenvalue weighted by Gasteiger charge is -2.08.